The lowest BCUT2D eigenvalue weighted by atomic mass is 10.3. The van der Waals surface area contributed by atoms with Crippen LogP contribution in [0.1, 0.15) is 6.42 Å². The van der Waals surface area contributed by atoms with Crippen molar-refractivity contribution in [2.24, 2.45) is 0 Å². The first-order valence-electron chi connectivity index (χ1n) is 5.54. The van der Waals surface area contributed by atoms with Gasteiger partial charge in [0.2, 0.25) is 5.91 Å². The summed E-state index contributed by atoms with van der Waals surface area (Å²) in [5.41, 5.74) is 0. The Morgan fingerprint density at radius 2 is 2.16 bits per heavy atom. The van der Waals surface area contributed by atoms with E-state index in [0.29, 0.717) is 10.8 Å². The van der Waals surface area contributed by atoms with Gasteiger partial charge in [0, 0.05) is 5.02 Å². The standard InChI is InChI=1S/C12H14ClNO5/c13-8-2-1-3-9(6-8)19-5-4-11(16)14-10(7-15)12(17)18/h1-3,6,10,15H,4-5,7H2,(H,14,16)(H,17,18)/t10-/m0/s1. The van der Waals surface area contributed by atoms with Crippen LogP contribution >= 0.6 is 11.6 Å². The molecule has 0 aliphatic rings. The largest absolute Gasteiger partial charge is 0.493 e. The van der Waals surface area contributed by atoms with Crippen molar-refractivity contribution in [3.05, 3.63) is 29.3 Å². The summed E-state index contributed by atoms with van der Waals surface area (Å²) in [6.45, 7) is -0.569. The average Bonchev–Trinajstić information content (AvgIpc) is 2.35. The number of benzene rings is 1. The highest BCUT2D eigenvalue weighted by atomic mass is 35.5. The molecule has 0 aliphatic heterocycles. The smallest absolute Gasteiger partial charge is 0.328 e. The van der Waals surface area contributed by atoms with Crippen LogP contribution in [-0.4, -0.2) is 41.3 Å². The number of halogens is 1. The molecule has 0 aromatic heterocycles. The van der Waals surface area contributed by atoms with Crippen LogP contribution in [0.4, 0.5) is 0 Å². The number of rotatable bonds is 7. The van der Waals surface area contributed by atoms with E-state index in [1.165, 1.54) is 0 Å². The first-order chi connectivity index (χ1) is 9.02. The van der Waals surface area contributed by atoms with E-state index in [0.717, 1.165) is 0 Å². The molecule has 7 heteroatoms. The molecule has 1 aromatic carbocycles. The van der Waals surface area contributed by atoms with Gasteiger partial charge in [-0.25, -0.2) is 4.79 Å². The average molecular weight is 288 g/mol. The molecule has 0 heterocycles. The van der Waals surface area contributed by atoms with Crippen LogP contribution in [0.15, 0.2) is 24.3 Å². The van der Waals surface area contributed by atoms with Crippen molar-refractivity contribution in [2.45, 2.75) is 12.5 Å². The maximum atomic E-state index is 11.4. The van der Waals surface area contributed by atoms with Gasteiger partial charge >= 0.3 is 5.97 Å². The summed E-state index contributed by atoms with van der Waals surface area (Å²) in [5, 5.41) is 20.1. The summed E-state index contributed by atoms with van der Waals surface area (Å²) in [5.74, 6) is -1.27. The minimum absolute atomic E-state index is 0.0176. The molecule has 19 heavy (non-hydrogen) atoms. The van der Waals surface area contributed by atoms with E-state index < -0.39 is 24.5 Å². The summed E-state index contributed by atoms with van der Waals surface area (Å²) in [7, 11) is 0. The van der Waals surface area contributed by atoms with Gasteiger partial charge in [0.15, 0.2) is 0 Å². The number of hydrogen-bond donors (Lipinski definition) is 3. The Balaban J connectivity index is 2.33. The third kappa shape index (κ3) is 5.58. The number of carboxylic acids is 1. The highest BCUT2D eigenvalue weighted by Crippen LogP contribution is 2.17. The molecule has 0 saturated heterocycles. The Labute approximate surface area is 114 Å². The maximum absolute atomic E-state index is 11.4. The van der Waals surface area contributed by atoms with Crippen LogP contribution in [0.3, 0.4) is 0 Å². The molecule has 3 N–H and O–H groups in total. The number of carboxylic acid groups (broad SMARTS) is 1. The highest BCUT2D eigenvalue weighted by Gasteiger charge is 2.18. The van der Waals surface area contributed by atoms with Gasteiger partial charge in [0.05, 0.1) is 19.6 Å². The number of ether oxygens (including phenoxy) is 1. The van der Waals surface area contributed by atoms with Gasteiger partial charge < -0.3 is 20.3 Å². The van der Waals surface area contributed by atoms with Gasteiger partial charge in [-0.3, -0.25) is 4.79 Å². The van der Waals surface area contributed by atoms with E-state index in [2.05, 4.69) is 5.32 Å². The fraction of sp³-hybridized carbons (Fsp3) is 0.333. The number of amides is 1. The van der Waals surface area contributed by atoms with E-state index >= 15 is 0 Å². The van der Waals surface area contributed by atoms with Crippen molar-refractivity contribution in [1.29, 1.82) is 0 Å². The third-order valence-corrected chi connectivity index (χ3v) is 2.44. The second-order valence-corrected chi connectivity index (χ2v) is 4.13. The number of carbonyl (C=O) groups is 2. The molecule has 6 nitrogen and oxygen atoms in total. The summed E-state index contributed by atoms with van der Waals surface area (Å²) >= 11 is 5.76. The zero-order valence-electron chi connectivity index (χ0n) is 10.0. The quantitative estimate of drug-likeness (QED) is 0.685. The molecule has 0 bridgehead atoms. The molecular formula is C12H14ClNO5. The topological polar surface area (TPSA) is 95.9 Å². The molecule has 1 rings (SSSR count). The normalized spacial score (nSPS) is 11.7. The number of nitrogens with one attached hydrogen (secondary N) is 1. The van der Waals surface area contributed by atoms with Gasteiger partial charge in [0.1, 0.15) is 11.8 Å². The second-order valence-electron chi connectivity index (χ2n) is 3.70. The fourth-order valence-corrected chi connectivity index (χ4v) is 1.45. The van der Waals surface area contributed by atoms with E-state index in [4.69, 9.17) is 26.6 Å². The van der Waals surface area contributed by atoms with Crippen LogP contribution in [0.25, 0.3) is 0 Å². The van der Waals surface area contributed by atoms with Gasteiger partial charge in [-0.2, -0.15) is 0 Å². The lowest BCUT2D eigenvalue weighted by Gasteiger charge is -2.12. The van der Waals surface area contributed by atoms with Crippen molar-refractivity contribution in [2.75, 3.05) is 13.2 Å². The van der Waals surface area contributed by atoms with E-state index in [-0.39, 0.29) is 13.0 Å². The molecule has 0 fully saturated rings. The Morgan fingerprint density at radius 1 is 1.42 bits per heavy atom. The zero-order valence-corrected chi connectivity index (χ0v) is 10.8. The summed E-state index contributed by atoms with van der Waals surface area (Å²) in [4.78, 5) is 22.0. The number of hydrogen-bond acceptors (Lipinski definition) is 4. The number of carbonyl (C=O) groups excluding carboxylic acids is 1. The first-order valence-corrected chi connectivity index (χ1v) is 5.92. The van der Waals surface area contributed by atoms with E-state index in [9.17, 15) is 9.59 Å². The van der Waals surface area contributed by atoms with E-state index in [1.807, 2.05) is 0 Å². The SMILES string of the molecule is O=C(CCOc1cccc(Cl)c1)N[C@@H](CO)C(=O)O. The molecule has 0 unspecified atom stereocenters. The van der Waals surface area contributed by atoms with Crippen LogP contribution in [0.5, 0.6) is 5.75 Å². The Morgan fingerprint density at radius 3 is 2.74 bits per heavy atom. The lowest BCUT2D eigenvalue weighted by Crippen LogP contribution is -2.43. The maximum Gasteiger partial charge on any atom is 0.328 e. The molecule has 0 spiro atoms. The monoisotopic (exact) mass is 287 g/mol. The molecule has 0 saturated carbocycles. The summed E-state index contributed by atoms with van der Waals surface area (Å²) in [6, 6.07) is 5.41. The Bertz CT molecular complexity index is 452. The van der Waals surface area contributed by atoms with Crippen molar-refractivity contribution >= 4 is 23.5 Å². The van der Waals surface area contributed by atoms with Gasteiger partial charge in [-0.15, -0.1) is 0 Å². The highest BCUT2D eigenvalue weighted by molar-refractivity contribution is 6.30. The molecule has 0 radical (unpaired) electrons. The predicted molar refractivity (Wildman–Crippen MR) is 68.2 cm³/mol. The van der Waals surface area contributed by atoms with Crippen molar-refractivity contribution in [3.63, 3.8) is 0 Å². The van der Waals surface area contributed by atoms with E-state index in [1.54, 1.807) is 24.3 Å². The van der Waals surface area contributed by atoms with Crippen LogP contribution < -0.4 is 10.1 Å². The fourth-order valence-electron chi connectivity index (χ4n) is 1.27. The van der Waals surface area contributed by atoms with Crippen LogP contribution in [0.2, 0.25) is 5.02 Å². The van der Waals surface area contributed by atoms with Gasteiger partial charge in [-0.05, 0) is 18.2 Å². The van der Waals surface area contributed by atoms with Crippen LogP contribution in [0, 0.1) is 0 Å². The molecular weight excluding hydrogens is 274 g/mol. The van der Waals surface area contributed by atoms with Crippen LogP contribution in [-0.2, 0) is 9.59 Å². The minimum atomic E-state index is -1.29. The molecule has 104 valence electrons. The summed E-state index contributed by atoms with van der Waals surface area (Å²) in [6.07, 6.45) is -0.0176. The van der Waals surface area contributed by atoms with Crippen molar-refractivity contribution < 1.29 is 24.5 Å². The number of aliphatic hydroxyl groups is 1. The van der Waals surface area contributed by atoms with Gasteiger partial charge in [0.25, 0.3) is 0 Å². The zero-order chi connectivity index (χ0) is 14.3. The third-order valence-electron chi connectivity index (χ3n) is 2.21. The van der Waals surface area contributed by atoms with Crippen molar-refractivity contribution in [1.82, 2.24) is 5.32 Å². The second kappa shape index (κ2) is 7.60. The molecule has 1 amide bonds. The molecule has 1 atom stereocenters. The van der Waals surface area contributed by atoms with Gasteiger partial charge in [-0.1, -0.05) is 17.7 Å². The molecule has 0 aliphatic carbocycles. The first kappa shape index (κ1) is 15.3. The number of aliphatic carboxylic acids is 1. The summed E-state index contributed by atoms with van der Waals surface area (Å²) < 4.78 is 5.28. The Hall–Kier alpha value is -1.79. The Kier molecular flexibility index (Phi) is 6.11. The van der Waals surface area contributed by atoms with Crippen molar-refractivity contribution in [3.8, 4) is 5.75 Å². The predicted octanol–water partition coefficient (Wildman–Crippen LogP) is 0.671. The minimum Gasteiger partial charge on any atom is -0.493 e. The number of aliphatic hydroxyl groups excluding tert-OH is 1. The lowest BCUT2D eigenvalue weighted by molar-refractivity contribution is -0.143. The molecule has 1 aromatic rings.